The molecule has 2 aromatic rings. The van der Waals surface area contributed by atoms with E-state index in [0.29, 0.717) is 0 Å². The van der Waals surface area contributed by atoms with Crippen LogP contribution in [0.15, 0.2) is 35.1 Å². The molecule has 0 fully saturated rings. The van der Waals surface area contributed by atoms with Crippen molar-refractivity contribution >= 4 is 23.5 Å². The van der Waals surface area contributed by atoms with Gasteiger partial charge < -0.3 is 11.5 Å². The molecule has 1 aliphatic heterocycles. The van der Waals surface area contributed by atoms with Crippen LogP contribution in [0.2, 0.25) is 0 Å². The zero-order chi connectivity index (χ0) is 16.0. The van der Waals surface area contributed by atoms with E-state index in [4.69, 9.17) is 11.5 Å². The van der Waals surface area contributed by atoms with Crippen molar-refractivity contribution in [1.82, 2.24) is 9.88 Å². The number of carbonyl (C=O) groups is 3. The monoisotopic (exact) mass is 298 g/mol. The predicted octanol–water partition coefficient (Wildman–Crippen LogP) is -0.598. The molecule has 0 saturated carbocycles. The number of rotatable bonds is 2. The number of benzene rings is 1. The average Bonchev–Trinajstić information content (AvgIpc) is 2.74. The van der Waals surface area contributed by atoms with E-state index < -0.39 is 23.3 Å². The van der Waals surface area contributed by atoms with Crippen LogP contribution < -0.4 is 22.3 Å². The molecule has 8 heteroatoms. The van der Waals surface area contributed by atoms with Gasteiger partial charge in [-0.15, -0.1) is 0 Å². The molecule has 8 nitrogen and oxygen atoms in total. The van der Waals surface area contributed by atoms with Crippen molar-refractivity contribution in [2.75, 3.05) is 5.73 Å². The molecular weight excluding hydrogens is 288 g/mol. The number of nitrogen functional groups attached to an aromatic ring is 1. The number of nitrogens with two attached hydrogens (primary N) is 2. The first-order chi connectivity index (χ1) is 10.4. The van der Waals surface area contributed by atoms with Crippen LogP contribution in [-0.4, -0.2) is 22.3 Å². The zero-order valence-electron chi connectivity index (χ0n) is 11.1. The minimum atomic E-state index is -0.747. The van der Waals surface area contributed by atoms with E-state index in [9.17, 15) is 19.2 Å². The summed E-state index contributed by atoms with van der Waals surface area (Å²) in [6, 6.07) is 7.07. The zero-order valence-corrected chi connectivity index (χ0v) is 11.1. The lowest BCUT2D eigenvalue weighted by atomic mass is 10.1. The van der Waals surface area contributed by atoms with Crippen molar-refractivity contribution in [2.45, 2.75) is 0 Å². The molecule has 0 unspecified atom stereocenters. The molecule has 0 radical (unpaired) electrons. The van der Waals surface area contributed by atoms with E-state index in [0.717, 1.165) is 10.6 Å². The van der Waals surface area contributed by atoms with Crippen LogP contribution in [0.5, 0.6) is 0 Å². The van der Waals surface area contributed by atoms with Gasteiger partial charge in [0.1, 0.15) is 5.82 Å². The minimum Gasteiger partial charge on any atom is -0.384 e. The first-order valence-electron chi connectivity index (χ1n) is 6.22. The highest BCUT2D eigenvalue weighted by Crippen LogP contribution is 2.24. The highest BCUT2D eigenvalue weighted by atomic mass is 16.2. The fourth-order valence-electron chi connectivity index (χ4n) is 2.40. The molecule has 0 spiro atoms. The van der Waals surface area contributed by atoms with Gasteiger partial charge in [-0.05, 0) is 12.1 Å². The van der Waals surface area contributed by atoms with Gasteiger partial charge in [0.2, 0.25) is 0 Å². The second-order valence-electron chi connectivity index (χ2n) is 4.66. The molecule has 3 amide bonds. The number of primary amides is 1. The number of fused-ring (bicyclic) bond motifs is 1. The number of pyridine rings is 1. The standard InChI is InChI=1S/C14H10N4O4/c15-11-10-7(13(21)17-14(10)22)5-9(19)18(11)8-4-2-1-3-6(8)12(16)20/h1-5H,15H2,(H2,16,20)(H,17,21,22). The predicted molar refractivity (Wildman–Crippen MR) is 76.8 cm³/mol. The summed E-state index contributed by atoms with van der Waals surface area (Å²) < 4.78 is 0.983. The molecule has 1 aromatic carbocycles. The number of hydrogen-bond acceptors (Lipinski definition) is 5. The lowest BCUT2D eigenvalue weighted by Crippen LogP contribution is -2.26. The van der Waals surface area contributed by atoms with Gasteiger partial charge in [-0.25, -0.2) is 0 Å². The molecule has 3 rings (SSSR count). The van der Waals surface area contributed by atoms with E-state index in [1.54, 1.807) is 12.1 Å². The van der Waals surface area contributed by atoms with Crippen LogP contribution in [0.4, 0.5) is 5.82 Å². The number of nitrogens with zero attached hydrogens (tertiary/aromatic N) is 1. The molecule has 0 atom stereocenters. The van der Waals surface area contributed by atoms with Crippen molar-refractivity contribution < 1.29 is 14.4 Å². The van der Waals surface area contributed by atoms with E-state index in [-0.39, 0.29) is 28.2 Å². The molecule has 22 heavy (non-hydrogen) atoms. The normalized spacial score (nSPS) is 12.9. The van der Waals surface area contributed by atoms with E-state index in [1.807, 2.05) is 0 Å². The van der Waals surface area contributed by atoms with Gasteiger partial charge >= 0.3 is 0 Å². The molecule has 110 valence electrons. The number of hydrogen-bond donors (Lipinski definition) is 3. The van der Waals surface area contributed by atoms with Gasteiger partial charge in [0.05, 0.1) is 22.4 Å². The number of imide groups is 1. The number of anilines is 1. The quantitative estimate of drug-likeness (QED) is 0.636. The van der Waals surface area contributed by atoms with Crippen LogP contribution >= 0.6 is 0 Å². The highest BCUT2D eigenvalue weighted by molar-refractivity contribution is 6.23. The average molecular weight is 298 g/mol. The number of para-hydroxylation sites is 1. The Hall–Kier alpha value is -3.42. The number of amides is 3. The summed E-state index contributed by atoms with van der Waals surface area (Å²) in [7, 11) is 0. The van der Waals surface area contributed by atoms with E-state index in [1.165, 1.54) is 12.1 Å². The number of nitrogens with one attached hydrogen (secondary N) is 1. The molecule has 1 aliphatic rings. The van der Waals surface area contributed by atoms with E-state index in [2.05, 4.69) is 5.32 Å². The number of aromatic nitrogens is 1. The van der Waals surface area contributed by atoms with Gasteiger partial charge in [0.25, 0.3) is 23.3 Å². The van der Waals surface area contributed by atoms with Crippen LogP contribution in [0, 0.1) is 0 Å². The third-order valence-corrected chi connectivity index (χ3v) is 3.36. The summed E-state index contributed by atoms with van der Waals surface area (Å²) in [5.74, 6) is -2.34. The molecule has 0 aliphatic carbocycles. The largest absolute Gasteiger partial charge is 0.384 e. The van der Waals surface area contributed by atoms with Crippen molar-refractivity contribution in [3.8, 4) is 5.69 Å². The summed E-state index contributed by atoms with van der Waals surface area (Å²) in [6.07, 6.45) is 0. The third-order valence-electron chi connectivity index (χ3n) is 3.36. The Morgan fingerprint density at radius 1 is 1.09 bits per heavy atom. The summed E-state index contributed by atoms with van der Waals surface area (Å²) in [4.78, 5) is 47.2. The Balaban J connectivity index is 2.38. The van der Waals surface area contributed by atoms with Gasteiger partial charge in [0, 0.05) is 6.07 Å². The molecule has 0 bridgehead atoms. The summed E-state index contributed by atoms with van der Waals surface area (Å²) in [6.45, 7) is 0. The Morgan fingerprint density at radius 2 is 1.77 bits per heavy atom. The van der Waals surface area contributed by atoms with E-state index >= 15 is 0 Å². The summed E-state index contributed by atoms with van der Waals surface area (Å²) >= 11 is 0. The Morgan fingerprint density at radius 3 is 2.45 bits per heavy atom. The highest BCUT2D eigenvalue weighted by Gasteiger charge is 2.32. The summed E-state index contributed by atoms with van der Waals surface area (Å²) in [5, 5.41) is 2.06. The van der Waals surface area contributed by atoms with Crippen LogP contribution in [0.1, 0.15) is 31.1 Å². The fourth-order valence-corrected chi connectivity index (χ4v) is 2.40. The van der Waals surface area contributed by atoms with Gasteiger partial charge in [-0.3, -0.25) is 29.1 Å². The molecule has 0 saturated heterocycles. The summed E-state index contributed by atoms with van der Waals surface area (Å²) in [5.41, 5.74) is 10.6. The number of carbonyl (C=O) groups excluding carboxylic acids is 3. The Labute approximate surface area is 123 Å². The van der Waals surface area contributed by atoms with Crippen molar-refractivity contribution in [3.05, 3.63) is 57.4 Å². The van der Waals surface area contributed by atoms with Gasteiger partial charge in [0.15, 0.2) is 0 Å². The molecule has 1 aromatic heterocycles. The maximum Gasteiger partial charge on any atom is 0.262 e. The second-order valence-corrected chi connectivity index (χ2v) is 4.66. The SMILES string of the molecule is NC(=O)c1ccccc1-n1c(N)c2c(cc1=O)C(=O)NC2=O. The Kier molecular flexibility index (Phi) is 2.81. The lowest BCUT2D eigenvalue weighted by molar-refractivity contribution is 0.0879. The van der Waals surface area contributed by atoms with Crippen LogP contribution in [-0.2, 0) is 0 Å². The van der Waals surface area contributed by atoms with Crippen LogP contribution in [0.25, 0.3) is 5.69 Å². The maximum absolute atomic E-state index is 12.3. The topological polar surface area (TPSA) is 137 Å². The Bertz CT molecular complexity index is 914. The van der Waals surface area contributed by atoms with Crippen molar-refractivity contribution in [1.29, 1.82) is 0 Å². The van der Waals surface area contributed by atoms with Gasteiger partial charge in [-0.1, -0.05) is 12.1 Å². The first-order valence-corrected chi connectivity index (χ1v) is 6.22. The van der Waals surface area contributed by atoms with Crippen molar-refractivity contribution in [2.24, 2.45) is 5.73 Å². The smallest absolute Gasteiger partial charge is 0.262 e. The molecule has 2 heterocycles. The lowest BCUT2D eigenvalue weighted by Gasteiger charge is -2.14. The second kappa shape index (κ2) is 4.55. The minimum absolute atomic E-state index is 0.0704. The fraction of sp³-hybridized carbons (Fsp3) is 0. The molecular formula is C14H10N4O4. The molecule has 5 N–H and O–H groups in total. The maximum atomic E-state index is 12.3. The first kappa shape index (κ1) is 13.6. The van der Waals surface area contributed by atoms with Crippen molar-refractivity contribution in [3.63, 3.8) is 0 Å². The van der Waals surface area contributed by atoms with Gasteiger partial charge in [-0.2, -0.15) is 0 Å². The third kappa shape index (κ3) is 1.78. The van der Waals surface area contributed by atoms with Crippen LogP contribution in [0.3, 0.4) is 0 Å².